The summed E-state index contributed by atoms with van der Waals surface area (Å²) in [5, 5.41) is 17.3. The molecule has 3 aromatic rings. The van der Waals surface area contributed by atoms with E-state index in [1.54, 1.807) is 29.7 Å². The average Bonchev–Trinajstić information content (AvgIpc) is 3.25. The third kappa shape index (κ3) is 4.30. The monoisotopic (exact) mass is 499 g/mol. The van der Waals surface area contributed by atoms with Crippen LogP contribution in [0.3, 0.4) is 0 Å². The molecule has 0 saturated carbocycles. The van der Waals surface area contributed by atoms with Crippen molar-refractivity contribution in [2.75, 3.05) is 49.7 Å². The highest BCUT2D eigenvalue weighted by Gasteiger charge is 2.31. The van der Waals surface area contributed by atoms with Gasteiger partial charge in [-0.25, -0.2) is 9.97 Å². The van der Waals surface area contributed by atoms with Crippen LogP contribution in [-0.2, 0) is 17.6 Å². The number of aromatic nitrogens is 2. The highest BCUT2D eigenvalue weighted by atomic mass is 32.2. The zero-order chi connectivity index (χ0) is 23.7. The predicted octanol–water partition coefficient (Wildman–Crippen LogP) is 3.91. The first-order valence-electron chi connectivity index (χ1n) is 11.6. The van der Waals surface area contributed by atoms with Gasteiger partial charge in [-0.3, -0.25) is 4.79 Å². The van der Waals surface area contributed by atoms with Gasteiger partial charge >= 0.3 is 0 Å². The number of aliphatic hydroxyl groups excluding tert-OH is 1. The average molecular weight is 500 g/mol. The van der Waals surface area contributed by atoms with Crippen molar-refractivity contribution in [2.45, 2.75) is 31.1 Å². The zero-order valence-electron chi connectivity index (χ0n) is 19.4. The molecule has 0 radical (unpaired) electrons. The Labute approximate surface area is 207 Å². The first-order valence-corrected chi connectivity index (χ1v) is 13.4. The minimum Gasteiger partial charge on any atom is -0.494 e. The van der Waals surface area contributed by atoms with Crippen molar-refractivity contribution in [3.63, 3.8) is 0 Å². The number of thioether (sulfide) groups is 1. The fourth-order valence-corrected chi connectivity index (χ4v) is 6.96. The van der Waals surface area contributed by atoms with Crippen LogP contribution in [0.2, 0.25) is 0 Å². The number of aliphatic hydroxyl groups is 1. The van der Waals surface area contributed by atoms with Crippen LogP contribution in [0.25, 0.3) is 10.2 Å². The predicted molar refractivity (Wildman–Crippen MR) is 138 cm³/mol. The number of anilines is 3. The normalized spacial score (nSPS) is 17.0. The van der Waals surface area contributed by atoms with Crippen LogP contribution in [0.15, 0.2) is 23.4 Å². The van der Waals surface area contributed by atoms with Crippen molar-refractivity contribution in [1.82, 2.24) is 14.9 Å². The quantitative estimate of drug-likeness (QED) is 0.450. The van der Waals surface area contributed by atoms with Gasteiger partial charge in [-0.05, 0) is 37.8 Å². The molecule has 3 heterocycles. The fourth-order valence-electron chi connectivity index (χ4n) is 4.78. The number of hydrogen-bond acceptors (Lipinski definition) is 9. The number of carbonyl (C=O) groups is 1. The minimum absolute atomic E-state index is 0.00815. The van der Waals surface area contributed by atoms with E-state index in [0.29, 0.717) is 19.5 Å². The Morgan fingerprint density at radius 3 is 3.06 bits per heavy atom. The highest BCUT2D eigenvalue weighted by molar-refractivity contribution is 7.99. The summed E-state index contributed by atoms with van der Waals surface area (Å²) in [4.78, 5) is 27.2. The molecule has 1 atom stereocenters. The van der Waals surface area contributed by atoms with Crippen LogP contribution in [-0.4, -0.2) is 65.0 Å². The summed E-state index contributed by atoms with van der Waals surface area (Å²) < 4.78 is 5.67. The van der Waals surface area contributed by atoms with Gasteiger partial charge in [-0.15, -0.1) is 23.1 Å². The van der Waals surface area contributed by atoms with Crippen LogP contribution >= 0.6 is 23.1 Å². The molecule has 34 heavy (non-hydrogen) atoms. The smallest absolute Gasteiger partial charge is 0.226 e. The number of likely N-dealkylation sites (N-methyl/N-ethyl adjacent to an activating group) is 1. The standard InChI is InChI=1S/C24H29N5O3S2/c1-3-29(7-8-30)24(31)14-4-5-15-19(10-14)34-23-21(15)22(26-13-27-23)28-16-12-20-17(11-18(16)32-2)25-6-9-33-20/h11-14,25,30H,3-10H2,1-2H3,(H,26,27,28). The molecular formula is C24H29N5O3S2. The number of amides is 1. The first-order chi connectivity index (χ1) is 16.6. The lowest BCUT2D eigenvalue weighted by atomic mass is 9.87. The number of fused-ring (bicyclic) bond motifs is 4. The van der Waals surface area contributed by atoms with E-state index in [2.05, 4.69) is 26.7 Å². The molecule has 3 N–H and O–H groups in total. The molecule has 0 saturated heterocycles. The Morgan fingerprint density at radius 2 is 2.26 bits per heavy atom. The fraction of sp³-hybridized carbons (Fsp3) is 0.458. The van der Waals surface area contributed by atoms with E-state index in [4.69, 9.17) is 4.74 Å². The molecule has 0 bridgehead atoms. The lowest BCUT2D eigenvalue weighted by Gasteiger charge is -2.28. The van der Waals surface area contributed by atoms with Crippen molar-refractivity contribution < 1.29 is 14.6 Å². The van der Waals surface area contributed by atoms with Crippen LogP contribution in [0.4, 0.5) is 17.2 Å². The molecule has 10 heteroatoms. The number of nitrogens with zero attached hydrogens (tertiary/aromatic N) is 3. The summed E-state index contributed by atoms with van der Waals surface area (Å²) in [5.41, 5.74) is 3.21. The number of methoxy groups -OCH3 is 1. The van der Waals surface area contributed by atoms with E-state index in [0.717, 1.165) is 58.3 Å². The highest BCUT2D eigenvalue weighted by Crippen LogP contribution is 2.43. The van der Waals surface area contributed by atoms with Crippen molar-refractivity contribution >= 4 is 56.4 Å². The third-order valence-corrected chi connectivity index (χ3v) is 8.71. The van der Waals surface area contributed by atoms with E-state index in [9.17, 15) is 9.90 Å². The van der Waals surface area contributed by atoms with Crippen LogP contribution in [0.5, 0.6) is 5.75 Å². The molecule has 180 valence electrons. The summed E-state index contributed by atoms with van der Waals surface area (Å²) in [6, 6.07) is 4.15. The molecule has 1 aromatic carbocycles. The number of carbonyl (C=O) groups excluding carboxylic acids is 1. The molecular weight excluding hydrogens is 470 g/mol. The lowest BCUT2D eigenvalue weighted by Crippen LogP contribution is -2.39. The van der Waals surface area contributed by atoms with Gasteiger partial charge in [0.25, 0.3) is 0 Å². The molecule has 2 aromatic heterocycles. The number of thiophene rings is 1. The maximum atomic E-state index is 13.0. The molecule has 2 aliphatic rings. The molecule has 5 rings (SSSR count). The lowest BCUT2D eigenvalue weighted by molar-refractivity contribution is -0.136. The van der Waals surface area contributed by atoms with Crippen molar-refractivity contribution in [1.29, 1.82) is 0 Å². The topological polar surface area (TPSA) is 99.6 Å². The van der Waals surface area contributed by atoms with Crippen LogP contribution < -0.4 is 15.4 Å². The Morgan fingerprint density at radius 1 is 1.38 bits per heavy atom. The number of rotatable bonds is 7. The molecule has 1 aliphatic carbocycles. The molecule has 1 aliphatic heterocycles. The van der Waals surface area contributed by atoms with Crippen LogP contribution in [0.1, 0.15) is 23.8 Å². The maximum absolute atomic E-state index is 13.0. The largest absolute Gasteiger partial charge is 0.494 e. The van der Waals surface area contributed by atoms with Gasteiger partial charge in [0.05, 0.1) is 30.5 Å². The summed E-state index contributed by atoms with van der Waals surface area (Å²) >= 11 is 3.49. The number of benzene rings is 1. The summed E-state index contributed by atoms with van der Waals surface area (Å²) in [7, 11) is 1.68. The second-order valence-electron chi connectivity index (χ2n) is 8.44. The summed E-state index contributed by atoms with van der Waals surface area (Å²) in [6.07, 6.45) is 3.90. The Bertz CT molecular complexity index is 1220. The number of hydrogen-bond donors (Lipinski definition) is 3. The van der Waals surface area contributed by atoms with E-state index in [1.165, 1.54) is 15.3 Å². The summed E-state index contributed by atoms with van der Waals surface area (Å²) in [6.45, 7) is 3.90. The van der Waals surface area contributed by atoms with Gasteiger partial charge in [0.1, 0.15) is 22.7 Å². The Balaban J connectivity index is 1.46. The van der Waals surface area contributed by atoms with E-state index in [-0.39, 0.29) is 18.4 Å². The van der Waals surface area contributed by atoms with E-state index < -0.39 is 0 Å². The molecule has 0 spiro atoms. The van der Waals surface area contributed by atoms with Crippen molar-refractivity contribution in [3.8, 4) is 5.75 Å². The molecule has 8 nitrogen and oxygen atoms in total. The minimum atomic E-state index is -0.0540. The maximum Gasteiger partial charge on any atom is 0.226 e. The Hall–Kier alpha value is -2.56. The number of aryl methyl sites for hydroxylation is 1. The van der Waals surface area contributed by atoms with Gasteiger partial charge in [-0.2, -0.15) is 0 Å². The molecule has 0 fully saturated rings. The molecule has 1 amide bonds. The van der Waals surface area contributed by atoms with Gasteiger partial charge in [0, 0.05) is 47.1 Å². The zero-order valence-corrected chi connectivity index (χ0v) is 21.0. The van der Waals surface area contributed by atoms with E-state index >= 15 is 0 Å². The van der Waals surface area contributed by atoms with Crippen molar-refractivity contribution in [3.05, 3.63) is 28.9 Å². The van der Waals surface area contributed by atoms with Gasteiger partial charge in [0.15, 0.2) is 0 Å². The second-order valence-corrected chi connectivity index (χ2v) is 10.7. The number of nitrogens with one attached hydrogen (secondary N) is 2. The molecule has 1 unspecified atom stereocenters. The SMILES string of the molecule is CCN(CCO)C(=O)C1CCc2c(sc3ncnc(Nc4cc5c(cc4OC)NCCS5)c23)C1. The second kappa shape index (κ2) is 9.97. The van der Waals surface area contributed by atoms with Gasteiger partial charge in [0.2, 0.25) is 5.91 Å². The Kier molecular flexibility index (Phi) is 6.80. The van der Waals surface area contributed by atoms with Crippen molar-refractivity contribution in [2.24, 2.45) is 5.92 Å². The third-order valence-electron chi connectivity index (χ3n) is 6.49. The summed E-state index contributed by atoms with van der Waals surface area (Å²) in [5.74, 6) is 2.65. The van der Waals surface area contributed by atoms with Gasteiger partial charge in [-0.1, -0.05) is 0 Å². The van der Waals surface area contributed by atoms with E-state index in [1.807, 2.05) is 24.8 Å². The first kappa shape index (κ1) is 23.2. The van der Waals surface area contributed by atoms with Crippen LogP contribution in [0, 0.1) is 5.92 Å². The number of ether oxygens (including phenoxy) is 1. The van der Waals surface area contributed by atoms with Gasteiger partial charge < -0.3 is 25.4 Å².